The standard InChI is InChI=1S/C17H19ClN2O/c1-3-19-16-10-5-4-9-15(16)17(21)20(2)12-13-7-6-8-14(18)11-13/h4-11,19H,3,12H2,1-2H3. The van der Waals surface area contributed by atoms with E-state index in [0.29, 0.717) is 17.1 Å². The molecule has 0 heterocycles. The molecule has 0 radical (unpaired) electrons. The molecule has 0 atom stereocenters. The summed E-state index contributed by atoms with van der Waals surface area (Å²) in [5.74, 6) is -0.00785. The zero-order valence-corrected chi connectivity index (χ0v) is 13.0. The van der Waals surface area contributed by atoms with E-state index in [1.807, 2.05) is 55.5 Å². The van der Waals surface area contributed by atoms with Gasteiger partial charge in [-0.3, -0.25) is 4.79 Å². The summed E-state index contributed by atoms with van der Waals surface area (Å²) < 4.78 is 0. The third-order valence-corrected chi connectivity index (χ3v) is 3.42. The number of carbonyl (C=O) groups excluding carboxylic acids is 1. The van der Waals surface area contributed by atoms with Crippen molar-refractivity contribution in [3.05, 3.63) is 64.7 Å². The molecule has 0 saturated carbocycles. The molecule has 0 spiro atoms. The lowest BCUT2D eigenvalue weighted by Crippen LogP contribution is -2.27. The average molecular weight is 303 g/mol. The van der Waals surface area contributed by atoms with Crippen molar-refractivity contribution in [2.75, 3.05) is 18.9 Å². The van der Waals surface area contributed by atoms with Crippen LogP contribution in [0.25, 0.3) is 0 Å². The molecule has 21 heavy (non-hydrogen) atoms. The molecule has 4 heteroatoms. The lowest BCUT2D eigenvalue weighted by molar-refractivity contribution is 0.0786. The van der Waals surface area contributed by atoms with Crippen LogP contribution in [0.4, 0.5) is 5.69 Å². The topological polar surface area (TPSA) is 32.3 Å². The van der Waals surface area contributed by atoms with E-state index in [1.165, 1.54) is 0 Å². The van der Waals surface area contributed by atoms with Crippen LogP contribution in [-0.2, 0) is 6.54 Å². The first-order valence-electron chi connectivity index (χ1n) is 6.94. The number of para-hydroxylation sites is 1. The van der Waals surface area contributed by atoms with Crippen LogP contribution in [0.1, 0.15) is 22.8 Å². The normalized spacial score (nSPS) is 10.2. The molecule has 0 aliphatic carbocycles. The largest absolute Gasteiger partial charge is 0.385 e. The van der Waals surface area contributed by atoms with Crippen LogP contribution in [0.2, 0.25) is 5.02 Å². The minimum absolute atomic E-state index is 0.00785. The van der Waals surface area contributed by atoms with Crippen molar-refractivity contribution in [3.8, 4) is 0 Å². The number of nitrogens with zero attached hydrogens (tertiary/aromatic N) is 1. The minimum Gasteiger partial charge on any atom is -0.385 e. The van der Waals surface area contributed by atoms with Gasteiger partial charge in [-0.1, -0.05) is 35.9 Å². The highest BCUT2D eigenvalue weighted by Gasteiger charge is 2.15. The van der Waals surface area contributed by atoms with E-state index in [9.17, 15) is 4.79 Å². The Morgan fingerprint density at radius 2 is 1.95 bits per heavy atom. The molecule has 0 saturated heterocycles. The number of carbonyl (C=O) groups is 1. The van der Waals surface area contributed by atoms with Gasteiger partial charge in [-0.15, -0.1) is 0 Å². The van der Waals surface area contributed by atoms with E-state index in [1.54, 1.807) is 11.9 Å². The predicted octanol–water partition coefficient (Wildman–Crippen LogP) is 4.04. The molecule has 1 N–H and O–H groups in total. The van der Waals surface area contributed by atoms with E-state index in [0.717, 1.165) is 17.8 Å². The zero-order chi connectivity index (χ0) is 15.2. The van der Waals surface area contributed by atoms with Gasteiger partial charge in [0.1, 0.15) is 0 Å². The van der Waals surface area contributed by atoms with Crippen molar-refractivity contribution in [1.29, 1.82) is 0 Å². The van der Waals surface area contributed by atoms with Crippen molar-refractivity contribution in [1.82, 2.24) is 4.90 Å². The van der Waals surface area contributed by atoms with Crippen LogP contribution in [0.5, 0.6) is 0 Å². The Labute approximate surface area is 130 Å². The van der Waals surface area contributed by atoms with Crippen LogP contribution in [0.3, 0.4) is 0 Å². The maximum atomic E-state index is 12.6. The summed E-state index contributed by atoms with van der Waals surface area (Å²) in [5, 5.41) is 3.90. The Morgan fingerprint density at radius 1 is 1.19 bits per heavy atom. The Balaban J connectivity index is 2.16. The van der Waals surface area contributed by atoms with Gasteiger partial charge >= 0.3 is 0 Å². The van der Waals surface area contributed by atoms with Gasteiger partial charge < -0.3 is 10.2 Å². The molecule has 2 aromatic carbocycles. The minimum atomic E-state index is -0.00785. The highest BCUT2D eigenvalue weighted by molar-refractivity contribution is 6.30. The second-order valence-electron chi connectivity index (χ2n) is 4.87. The van der Waals surface area contributed by atoms with Gasteiger partial charge in [-0.2, -0.15) is 0 Å². The lowest BCUT2D eigenvalue weighted by Gasteiger charge is -2.19. The highest BCUT2D eigenvalue weighted by atomic mass is 35.5. The number of benzene rings is 2. The lowest BCUT2D eigenvalue weighted by atomic mass is 10.1. The fourth-order valence-electron chi connectivity index (χ4n) is 2.20. The number of nitrogens with one attached hydrogen (secondary N) is 1. The van der Waals surface area contributed by atoms with E-state index in [4.69, 9.17) is 11.6 Å². The van der Waals surface area contributed by atoms with Gasteiger partial charge in [0.2, 0.25) is 0 Å². The van der Waals surface area contributed by atoms with Gasteiger partial charge in [0.05, 0.1) is 5.56 Å². The zero-order valence-electron chi connectivity index (χ0n) is 12.3. The van der Waals surface area contributed by atoms with Crippen LogP contribution >= 0.6 is 11.6 Å². The molecule has 3 nitrogen and oxygen atoms in total. The quantitative estimate of drug-likeness (QED) is 0.904. The average Bonchev–Trinajstić information content (AvgIpc) is 2.47. The summed E-state index contributed by atoms with van der Waals surface area (Å²) in [4.78, 5) is 14.3. The molecule has 0 aliphatic heterocycles. The second kappa shape index (κ2) is 7.14. The van der Waals surface area contributed by atoms with Crippen molar-refractivity contribution in [2.45, 2.75) is 13.5 Å². The monoisotopic (exact) mass is 302 g/mol. The molecular formula is C17H19ClN2O. The SMILES string of the molecule is CCNc1ccccc1C(=O)N(C)Cc1cccc(Cl)c1. The first-order chi connectivity index (χ1) is 10.1. The van der Waals surface area contributed by atoms with Crippen molar-refractivity contribution in [3.63, 3.8) is 0 Å². The Bertz CT molecular complexity index is 628. The summed E-state index contributed by atoms with van der Waals surface area (Å²) in [6.45, 7) is 3.32. The maximum absolute atomic E-state index is 12.6. The van der Waals surface area contributed by atoms with E-state index in [2.05, 4.69) is 5.32 Å². The summed E-state index contributed by atoms with van der Waals surface area (Å²) in [6, 6.07) is 15.1. The molecular weight excluding hydrogens is 284 g/mol. The Hall–Kier alpha value is -2.00. The number of hydrogen-bond donors (Lipinski definition) is 1. The predicted molar refractivity (Wildman–Crippen MR) is 87.9 cm³/mol. The first kappa shape index (κ1) is 15.4. The Morgan fingerprint density at radius 3 is 2.67 bits per heavy atom. The van der Waals surface area contributed by atoms with E-state index < -0.39 is 0 Å². The highest BCUT2D eigenvalue weighted by Crippen LogP contribution is 2.18. The number of hydrogen-bond acceptors (Lipinski definition) is 2. The van der Waals surface area contributed by atoms with Gasteiger partial charge in [0.15, 0.2) is 0 Å². The van der Waals surface area contributed by atoms with Crippen molar-refractivity contribution in [2.24, 2.45) is 0 Å². The third-order valence-electron chi connectivity index (χ3n) is 3.18. The molecule has 2 aromatic rings. The van der Waals surface area contributed by atoms with Gasteiger partial charge in [0.25, 0.3) is 5.91 Å². The van der Waals surface area contributed by atoms with Gasteiger partial charge in [-0.05, 0) is 36.8 Å². The van der Waals surface area contributed by atoms with Gasteiger partial charge in [0, 0.05) is 30.8 Å². The smallest absolute Gasteiger partial charge is 0.255 e. The number of amides is 1. The first-order valence-corrected chi connectivity index (χ1v) is 7.32. The van der Waals surface area contributed by atoms with Gasteiger partial charge in [-0.25, -0.2) is 0 Å². The summed E-state index contributed by atoms with van der Waals surface area (Å²) in [6.07, 6.45) is 0. The van der Waals surface area contributed by atoms with E-state index in [-0.39, 0.29) is 5.91 Å². The van der Waals surface area contributed by atoms with Crippen LogP contribution < -0.4 is 5.32 Å². The van der Waals surface area contributed by atoms with Crippen LogP contribution in [0, 0.1) is 0 Å². The molecule has 1 amide bonds. The number of anilines is 1. The van der Waals surface area contributed by atoms with Crippen LogP contribution in [-0.4, -0.2) is 24.4 Å². The number of rotatable bonds is 5. The summed E-state index contributed by atoms with van der Waals surface area (Å²) in [7, 11) is 1.80. The molecule has 0 aromatic heterocycles. The van der Waals surface area contributed by atoms with Crippen molar-refractivity contribution >= 4 is 23.2 Å². The molecule has 2 rings (SSSR count). The molecule has 0 aliphatic rings. The Kier molecular flexibility index (Phi) is 5.23. The molecule has 0 fully saturated rings. The molecule has 110 valence electrons. The molecule has 0 unspecified atom stereocenters. The fraction of sp³-hybridized carbons (Fsp3) is 0.235. The van der Waals surface area contributed by atoms with Crippen LogP contribution in [0.15, 0.2) is 48.5 Å². The maximum Gasteiger partial charge on any atom is 0.255 e. The third kappa shape index (κ3) is 3.99. The fourth-order valence-corrected chi connectivity index (χ4v) is 2.41. The summed E-state index contributed by atoms with van der Waals surface area (Å²) >= 11 is 5.98. The second-order valence-corrected chi connectivity index (χ2v) is 5.30. The number of halogens is 1. The summed E-state index contributed by atoms with van der Waals surface area (Å²) in [5.41, 5.74) is 2.56. The van der Waals surface area contributed by atoms with E-state index >= 15 is 0 Å². The molecule has 0 bridgehead atoms. The van der Waals surface area contributed by atoms with Crippen molar-refractivity contribution < 1.29 is 4.79 Å².